The minimum Gasteiger partial charge on any atom is -0.421 e. The van der Waals surface area contributed by atoms with Crippen molar-refractivity contribution in [1.29, 1.82) is 0 Å². The zero-order valence-corrected chi connectivity index (χ0v) is 15.0. The number of fused-ring (bicyclic) bond motifs is 1. The van der Waals surface area contributed by atoms with Crippen molar-refractivity contribution >= 4 is 21.4 Å². The maximum atomic E-state index is 13.3. The fraction of sp³-hybridized carbons (Fsp3) is 0.357. The third-order valence-corrected chi connectivity index (χ3v) is 5.57. The second-order valence-electron chi connectivity index (χ2n) is 5.32. The molecule has 0 bridgehead atoms. The predicted octanol–water partition coefficient (Wildman–Crippen LogP) is 3.05. The van der Waals surface area contributed by atoms with Gasteiger partial charge in [-0.05, 0) is 26.0 Å². The molecule has 0 radical (unpaired) electrons. The van der Waals surface area contributed by atoms with E-state index in [1.807, 2.05) is 0 Å². The van der Waals surface area contributed by atoms with Crippen molar-refractivity contribution in [2.45, 2.75) is 26.1 Å². The van der Waals surface area contributed by atoms with Gasteiger partial charge in [-0.15, -0.1) is 15.7 Å². The molecule has 0 amide bonds. The molecule has 2 aromatic rings. The van der Waals surface area contributed by atoms with Gasteiger partial charge in [-0.1, -0.05) is 0 Å². The van der Waals surface area contributed by atoms with Crippen LogP contribution in [0.15, 0.2) is 28.8 Å². The van der Waals surface area contributed by atoms with Gasteiger partial charge < -0.3 is 9.47 Å². The van der Waals surface area contributed by atoms with E-state index in [0.29, 0.717) is 4.88 Å². The smallest absolute Gasteiger partial charge is 0.421 e. The molecule has 0 atom stereocenters. The van der Waals surface area contributed by atoms with Gasteiger partial charge in [0.15, 0.2) is 11.5 Å². The first-order chi connectivity index (χ1) is 11.9. The van der Waals surface area contributed by atoms with Gasteiger partial charge in [0.05, 0.1) is 11.4 Å². The Bertz CT molecular complexity index is 1030. The number of sulfonamides is 1. The van der Waals surface area contributed by atoms with Crippen LogP contribution in [-0.2, 0) is 10.0 Å². The summed E-state index contributed by atoms with van der Waals surface area (Å²) in [5, 5.41) is 0. The Labute approximate surface area is 149 Å². The van der Waals surface area contributed by atoms with Gasteiger partial charge >= 0.3 is 12.2 Å². The van der Waals surface area contributed by atoms with Gasteiger partial charge in [-0.25, -0.2) is 8.42 Å². The van der Waals surface area contributed by atoms with Crippen LogP contribution in [-0.4, -0.2) is 31.0 Å². The van der Waals surface area contributed by atoms with Crippen LogP contribution in [0.25, 0.3) is 5.69 Å². The van der Waals surface area contributed by atoms with Gasteiger partial charge in [0, 0.05) is 17.1 Å². The molecule has 0 fully saturated rings. The summed E-state index contributed by atoms with van der Waals surface area (Å²) in [6.07, 6.45) is -8.11. The van der Waals surface area contributed by atoms with E-state index in [4.69, 9.17) is 0 Å². The second kappa shape index (κ2) is 5.98. The molecular weight excluding hydrogens is 400 g/mol. The number of benzene rings is 1. The summed E-state index contributed by atoms with van der Waals surface area (Å²) >= 11 is 1.07. The van der Waals surface area contributed by atoms with Gasteiger partial charge in [0.2, 0.25) is 4.80 Å². The number of thiazole rings is 1. The van der Waals surface area contributed by atoms with E-state index in [-0.39, 0.29) is 16.2 Å². The molecule has 2 heterocycles. The predicted molar refractivity (Wildman–Crippen MR) is 84.6 cm³/mol. The van der Waals surface area contributed by atoms with Crippen molar-refractivity contribution in [3.63, 3.8) is 0 Å². The molecule has 0 unspecified atom stereocenters. The largest absolute Gasteiger partial charge is 0.507 e. The first kappa shape index (κ1) is 18.7. The molecule has 3 rings (SSSR count). The molecule has 26 heavy (non-hydrogen) atoms. The van der Waals surface area contributed by atoms with Crippen molar-refractivity contribution in [2.75, 3.05) is 5.75 Å². The highest BCUT2D eigenvalue weighted by molar-refractivity contribution is 7.90. The fourth-order valence-corrected chi connectivity index (χ4v) is 3.74. The van der Waals surface area contributed by atoms with Crippen LogP contribution >= 0.6 is 11.3 Å². The number of nitrogens with zero attached hydrogens (tertiary/aromatic N) is 2. The van der Waals surface area contributed by atoms with E-state index in [0.717, 1.165) is 23.5 Å². The summed E-state index contributed by atoms with van der Waals surface area (Å²) in [5.41, 5.74) is 0.197. The lowest BCUT2D eigenvalue weighted by Gasteiger charge is -2.31. The molecule has 0 spiro atoms. The van der Waals surface area contributed by atoms with Crippen LogP contribution in [0.1, 0.15) is 11.8 Å². The lowest BCUT2D eigenvalue weighted by molar-refractivity contribution is -0.391. The van der Waals surface area contributed by atoms with Crippen molar-refractivity contribution in [3.05, 3.63) is 34.1 Å². The van der Waals surface area contributed by atoms with E-state index >= 15 is 0 Å². The Balaban J connectivity index is 2.12. The van der Waals surface area contributed by atoms with E-state index in [1.165, 1.54) is 23.8 Å². The molecule has 0 aliphatic carbocycles. The lowest BCUT2D eigenvalue weighted by atomic mass is 10.2. The molecule has 12 heteroatoms. The fourth-order valence-electron chi connectivity index (χ4n) is 2.09. The number of aryl methyl sites for hydroxylation is 1. The number of hydrogen-bond donors (Lipinski definition) is 0. The van der Waals surface area contributed by atoms with Gasteiger partial charge in [-0.2, -0.15) is 17.6 Å². The number of hydrogen-bond acceptors (Lipinski definition) is 5. The monoisotopic (exact) mass is 412 g/mol. The van der Waals surface area contributed by atoms with Crippen molar-refractivity contribution in [2.24, 2.45) is 4.40 Å². The Morgan fingerprint density at radius 1 is 1.15 bits per heavy atom. The average molecular weight is 412 g/mol. The molecule has 1 aliphatic rings. The van der Waals surface area contributed by atoms with Crippen molar-refractivity contribution < 1.29 is 35.5 Å². The maximum Gasteiger partial charge on any atom is 0.507 e. The summed E-state index contributed by atoms with van der Waals surface area (Å²) in [7, 11) is -3.70. The minimum atomic E-state index is -4.84. The highest BCUT2D eigenvalue weighted by Gasteiger charge is 2.65. The van der Waals surface area contributed by atoms with Crippen LogP contribution in [0.3, 0.4) is 0 Å². The second-order valence-corrected chi connectivity index (χ2v) is 8.46. The van der Waals surface area contributed by atoms with Crippen LogP contribution in [0.2, 0.25) is 0 Å². The molecule has 6 nitrogen and oxygen atoms in total. The summed E-state index contributed by atoms with van der Waals surface area (Å²) in [4.78, 5) is 0.778. The first-order valence-electron chi connectivity index (χ1n) is 7.20. The topological polar surface area (TPSA) is 69.9 Å². The summed E-state index contributed by atoms with van der Waals surface area (Å²) in [5.74, 6) is -1.37. The van der Waals surface area contributed by atoms with Gasteiger partial charge in [0.25, 0.3) is 10.0 Å². The zero-order valence-electron chi connectivity index (χ0n) is 13.4. The Kier molecular flexibility index (Phi) is 4.30. The SMILES string of the molecule is CCS(=O)(=O)N=c1sc(C)cn1-c1ccc2c(c1)OC(F)(F)C(F)(F)O2. The standard InChI is InChI=1S/C14H12F4N2O4S2/c1-3-26(21,22)19-12-20(7-8(2)25-12)9-4-5-10-11(6-9)24-14(17,18)13(15,16)23-10/h4-7H,3H2,1-2H3. The number of halogens is 4. The van der Waals surface area contributed by atoms with Crippen LogP contribution in [0.4, 0.5) is 17.6 Å². The molecule has 0 saturated heterocycles. The molecule has 1 aromatic heterocycles. The van der Waals surface area contributed by atoms with E-state index in [9.17, 15) is 26.0 Å². The van der Waals surface area contributed by atoms with E-state index < -0.39 is 33.7 Å². The van der Waals surface area contributed by atoms with Gasteiger partial charge in [0.1, 0.15) is 0 Å². The summed E-state index contributed by atoms with van der Waals surface area (Å²) < 4.78 is 89.7. The number of rotatable bonds is 3. The molecule has 0 N–H and O–H groups in total. The summed E-state index contributed by atoms with van der Waals surface area (Å²) in [6, 6.07) is 3.37. The van der Waals surface area contributed by atoms with E-state index in [1.54, 1.807) is 6.92 Å². The number of alkyl halides is 4. The number of aromatic nitrogens is 1. The summed E-state index contributed by atoms with van der Waals surface area (Å²) in [6.45, 7) is 3.13. The third kappa shape index (κ3) is 3.30. The molecule has 0 saturated carbocycles. The molecule has 1 aromatic carbocycles. The zero-order chi connectivity index (χ0) is 19.3. The number of ether oxygens (including phenoxy) is 2. The molecule has 142 valence electrons. The lowest BCUT2D eigenvalue weighted by Crippen LogP contribution is -2.52. The highest BCUT2D eigenvalue weighted by Crippen LogP contribution is 2.47. The molecular formula is C14H12F4N2O4S2. The Morgan fingerprint density at radius 2 is 1.77 bits per heavy atom. The van der Waals surface area contributed by atoms with Crippen molar-refractivity contribution in [3.8, 4) is 17.2 Å². The van der Waals surface area contributed by atoms with Gasteiger partial charge in [-0.3, -0.25) is 4.57 Å². The van der Waals surface area contributed by atoms with Crippen molar-refractivity contribution in [1.82, 2.24) is 4.57 Å². The van der Waals surface area contributed by atoms with E-state index in [2.05, 4.69) is 13.9 Å². The third-order valence-electron chi connectivity index (χ3n) is 3.37. The first-order valence-corrected chi connectivity index (χ1v) is 9.62. The highest BCUT2D eigenvalue weighted by atomic mass is 32.2. The minimum absolute atomic E-state index is 0.0816. The van der Waals surface area contributed by atoms with Crippen LogP contribution < -0.4 is 14.3 Å². The quantitative estimate of drug-likeness (QED) is 0.727. The maximum absolute atomic E-state index is 13.3. The Morgan fingerprint density at radius 3 is 2.38 bits per heavy atom. The van der Waals surface area contributed by atoms with Crippen LogP contribution in [0.5, 0.6) is 11.5 Å². The Hall–Kier alpha value is -2.08. The average Bonchev–Trinajstić information content (AvgIpc) is 2.87. The normalized spacial score (nSPS) is 18.8. The molecule has 1 aliphatic heterocycles. The van der Waals surface area contributed by atoms with Crippen LogP contribution in [0, 0.1) is 6.92 Å².